The van der Waals surface area contributed by atoms with E-state index < -0.39 is 0 Å². The Morgan fingerprint density at radius 1 is 1.11 bits per heavy atom. The number of aromatic nitrogens is 1. The maximum Gasteiger partial charge on any atom is 0.315 e. The molecule has 27 heavy (non-hydrogen) atoms. The van der Waals surface area contributed by atoms with Crippen LogP contribution in [-0.4, -0.2) is 30.6 Å². The molecule has 1 saturated heterocycles. The summed E-state index contributed by atoms with van der Waals surface area (Å²) < 4.78 is 1.25. The molecule has 2 aromatic heterocycles. The van der Waals surface area contributed by atoms with Gasteiger partial charge >= 0.3 is 6.03 Å². The van der Waals surface area contributed by atoms with Crippen molar-refractivity contribution in [2.45, 2.75) is 19.4 Å². The monoisotopic (exact) mass is 380 g/mol. The average molecular weight is 381 g/mol. The van der Waals surface area contributed by atoms with Gasteiger partial charge in [-0.2, -0.15) is 0 Å². The van der Waals surface area contributed by atoms with Gasteiger partial charge in [0, 0.05) is 49.0 Å². The minimum absolute atomic E-state index is 0.0832. The van der Waals surface area contributed by atoms with Gasteiger partial charge in [-0.3, -0.25) is 4.98 Å². The van der Waals surface area contributed by atoms with Crippen LogP contribution >= 0.6 is 11.3 Å². The van der Waals surface area contributed by atoms with Crippen molar-refractivity contribution in [3.05, 3.63) is 59.7 Å². The number of thiophene rings is 1. The molecule has 4 rings (SSSR count). The van der Waals surface area contributed by atoms with Gasteiger partial charge in [0.15, 0.2) is 0 Å². The Bertz CT molecular complexity index is 887. The maximum absolute atomic E-state index is 12.2. The average Bonchev–Trinajstić information content (AvgIpc) is 3.21. The first kappa shape index (κ1) is 17.8. The molecule has 0 bridgehead atoms. The van der Waals surface area contributed by atoms with Crippen molar-refractivity contribution in [2.24, 2.45) is 5.92 Å². The van der Waals surface area contributed by atoms with Crippen molar-refractivity contribution in [3.8, 4) is 0 Å². The fourth-order valence-corrected chi connectivity index (χ4v) is 4.53. The standard InChI is InChI=1S/C21H24N4OS/c26-21(24-15-18-3-1-2-17-8-13-27-20(17)18)23-14-16-6-11-25(12-7-16)19-4-9-22-10-5-19/h1-5,8-10,13,16H,6-7,11-12,14-15H2,(H2,23,24,26). The maximum atomic E-state index is 12.2. The molecule has 0 aliphatic carbocycles. The lowest BCUT2D eigenvalue weighted by molar-refractivity contribution is 0.237. The zero-order valence-corrected chi connectivity index (χ0v) is 16.0. The van der Waals surface area contributed by atoms with Crippen molar-refractivity contribution in [3.63, 3.8) is 0 Å². The molecule has 0 saturated carbocycles. The molecule has 2 amide bonds. The Morgan fingerprint density at radius 2 is 1.93 bits per heavy atom. The van der Waals surface area contributed by atoms with Crippen LogP contribution < -0.4 is 15.5 Å². The molecule has 140 valence electrons. The fraction of sp³-hybridized carbons (Fsp3) is 0.333. The molecule has 1 aromatic carbocycles. The third kappa shape index (κ3) is 4.39. The first-order valence-electron chi connectivity index (χ1n) is 9.41. The molecule has 0 radical (unpaired) electrons. The topological polar surface area (TPSA) is 57.3 Å². The van der Waals surface area contributed by atoms with Crippen LogP contribution in [0, 0.1) is 5.92 Å². The third-order valence-corrected chi connectivity index (χ3v) is 6.20. The molecule has 3 aromatic rings. The molecule has 1 fully saturated rings. The van der Waals surface area contributed by atoms with Crippen molar-refractivity contribution in [1.82, 2.24) is 15.6 Å². The van der Waals surface area contributed by atoms with Gasteiger partial charge < -0.3 is 15.5 Å². The number of amides is 2. The lowest BCUT2D eigenvalue weighted by Crippen LogP contribution is -2.41. The number of rotatable bonds is 5. The van der Waals surface area contributed by atoms with Gasteiger partial charge in [0.2, 0.25) is 0 Å². The molecule has 6 heteroatoms. The summed E-state index contributed by atoms with van der Waals surface area (Å²) in [5.74, 6) is 0.537. The van der Waals surface area contributed by atoms with E-state index in [-0.39, 0.29) is 6.03 Å². The Kier molecular flexibility index (Phi) is 5.53. The van der Waals surface area contributed by atoms with Gasteiger partial charge in [-0.1, -0.05) is 18.2 Å². The van der Waals surface area contributed by atoms with Crippen LogP contribution in [0.25, 0.3) is 10.1 Å². The van der Waals surface area contributed by atoms with Crippen LogP contribution in [0.15, 0.2) is 54.2 Å². The van der Waals surface area contributed by atoms with Gasteiger partial charge in [-0.25, -0.2) is 4.79 Å². The third-order valence-electron chi connectivity index (χ3n) is 5.19. The SMILES string of the molecule is O=C(NCc1cccc2ccsc12)NCC1CCN(c2ccncc2)CC1. The smallest absolute Gasteiger partial charge is 0.315 e. The predicted octanol–water partition coefficient (Wildman–Crippen LogP) is 4.01. The zero-order valence-electron chi connectivity index (χ0n) is 15.2. The number of nitrogens with zero attached hydrogens (tertiary/aromatic N) is 2. The summed E-state index contributed by atoms with van der Waals surface area (Å²) in [6.45, 7) is 3.35. The van der Waals surface area contributed by atoms with E-state index in [1.165, 1.54) is 21.3 Å². The number of fused-ring (bicyclic) bond motifs is 1. The number of piperidine rings is 1. The van der Waals surface area contributed by atoms with Gasteiger partial charge in [0.25, 0.3) is 0 Å². The Balaban J connectivity index is 1.20. The molecule has 1 aliphatic heterocycles. The number of carbonyl (C=O) groups is 1. The number of hydrogen-bond donors (Lipinski definition) is 2. The van der Waals surface area contributed by atoms with Crippen molar-refractivity contribution >= 4 is 33.1 Å². The van der Waals surface area contributed by atoms with E-state index in [1.54, 1.807) is 11.3 Å². The number of benzene rings is 1. The van der Waals surface area contributed by atoms with Gasteiger partial charge in [0.1, 0.15) is 0 Å². The van der Waals surface area contributed by atoms with Crippen molar-refractivity contribution in [1.29, 1.82) is 0 Å². The minimum Gasteiger partial charge on any atom is -0.371 e. The second-order valence-corrected chi connectivity index (χ2v) is 7.87. The largest absolute Gasteiger partial charge is 0.371 e. The molecule has 2 N–H and O–H groups in total. The van der Waals surface area contributed by atoms with Gasteiger partial charge in [-0.15, -0.1) is 11.3 Å². The summed E-state index contributed by atoms with van der Waals surface area (Å²) in [5, 5.41) is 9.36. The van der Waals surface area contributed by atoms with Crippen LogP contribution in [0.5, 0.6) is 0 Å². The summed E-state index contributed by atoms with van der Waals surface area (Å²) in [7, 11) is 0. The van der Waals surface area contributed by atoms with Crippen LogP contribution in [0.4, 0.5) is 10.5 Å². The molecular formula is C21H24N4OS. The molecule has 5 nitrogen and oxygen atoms in total. The van der Waals surface area contributed by atoms with Crippen LogP contribution in [-0.2, 0) is 6.54 Å². The Morgan fingerprint density at radius 3 is 2.74 bits per heavy atom. The molecule has 1 aliphatic rings. The van der Waals surface area contributed by atoms with Crippen molar-refractivity contribution in [2.75, 3.05) is 24.5 Å². The summed E-state index contributed by atoms with van der Waals surface area (Å²) in [6.07, 6.45) is 5.86. The van der Waals surface area contributed by atoms with E-state index >= 15 is 0 Å². The van der Waals surface area contributed by atoms with E-state index in [0.29, 0.717) is 12.5 Å². The normalized spacial score (nSPS) is 15.0. The molecule has 0 unspecified atom stereocenters. The number of carbonyl (C=O) groups excluding carboxylic acids is 1. The highest BCUT2D eigenvalue weighted by Crippen LogP contribution is 2.24. The van der Waals surface area contributed by atoms with Gasteiger partial charge in [-0.05, 0) is 53.3 Å². The lowest BCUT2D eigenvalue weighted by Gasteiger charge is -2.33. The van der Waals surface area contributed by atoms with E-state index in [2.05, 4.69) is 56.2 Å². The van der Waals surface area contributed by atoms with Gasteiger partial charge in [0.05, 0.1) is 0 Å². The zero-order chi connectivity index (χ0) is 18.5. The number of anilines is 1. The lowest BCUT2D eigenvalue weighted by atomic mass is 9.96. The fourth-order valence-electron chi connectivity index (χ4n) is 3.62. The highest BCUT2D eigenvalue weighted by Gasteiger charge is 2.19. The second-order valence-electron chi connectivity index (χ2n) is 6.96. The summed E-state index contributed by atoms with van der Waals surface area (Å²) >= 11 is 1.72. The number of nitrogens with one attached hydrogen (secondary N) is 2. The molecular weight excluding hydrogens is 356 g/mol. The summed E-state index contributed by atoms with van der Waals surface area (Å²) in [5.41, 5.74) is 2.40. The molecule has 0 atom stereocenters. The Labute approximate surface area is 163 Å². The summed E-state index contributed by atoms with van der Waals surface area (Å²) in [4.78, 5) is 18.6. The number of pyridine rings is 1. The highest BCUT2D eigenvalue weighted by atomic mass is 32.1. The van der Waals surface area contributed by atoms with E-state index in [9.17, 15) is 4.79 Å². The number of hydrogen-bond acceptors (Lipinski definition) is 4. The Hall–Kier alpha value is -2.60. The summed E-state index contributed by atoms with van der Waals surface area (Å²) in [6, 6.07) is 12.4. The van der Waals surface area contributed by atoms with Crippen molar-refractivity contribution < 1.29 is 4.79 Å². The number of urea groups is 1. The first-order valence-corrected chi connectivity index (χ1v) is 10.3. The van der Waals surface area contributed by atoms with Crippen LogP contribution in [0.1, 0.15) is 18.4 Å². The van der Waals surface area contributed by atoms with Crippen LogP contribution in [0.2, 0.25) is 0 Å². The van der Waals surface area contributed by atoms with E-state index in [4.69, 9.17) is 0 Å². The van der Waals surface area contributed by atoms with E-state index in [1.807, 2.05) is 18.5 Å². The molecule has 0 spiro atoms. The molecule has 3 heterocycles. The highest BCUT2D eigenvalue weighted by molar-refractivity contribution is 7.17. The first-order chi connectivity index (χ1) is 13.3. The minimum atomic E-state index is -0.0832. The van der Waals surface area contributed by atoms with E-state index in [0.717, 1.165) is 32.5 Å². The predicted molar refractivity (Wildman–Crippen MR) is 111 cm³/mol. The van der Waals surface area contributed by atoms with Crippen LogP contribution in [0.3, 0.4) is 0 Å². The quantitative estimate of drug-likeness (QED) is 0.703. The second kappa shape index (κ2) is 8.39.